The van der Waals surface area contributed by atoms with Crippen molar-refractivity contribution in [3.8, 4) is 22.6 Å². The Balaban J connectivity index is 2.37. The van der Waals surface area contributed by atoms with E-state index in [-0.39, 0.29) is 17.1 Å². The van der Waals surface area contributed by atoms with E-state index in [9.17, 15) is 25.1 Å². The van der Waals surface area contributed by atoms with Crippen molar-refractivity contribution in [1.29, 1.82) is 0 Å². The number of ketones is 1. The largest absolute Gasteiger partial charge is 0.507 e. The minimum Gasteiger partial charge on any atom is -0.507 e. The van der Waals surface area contributed by atoms with Crippen molar-refractivity contribution in [2.45, 2.75) is 33.1 Å². The molecule has 0 radical (unpaired) electrons. The van der Waals surface area contributed by atoms with Gasteiger partial charge in [-0.05, 0) is 51.0 Å². The topological polar surface area (TPSA) is 119 Å². The Morgan fingerprint density at radius 2 is 1.59 bits per heavy atom. The van der Waals surface area contributed by atoms with Gasteiger partial charge >= 0.3 is 5.09 Å². The Morgan fingerprint density at radius 3 is 2.07 bits per heavy atom. The smallest absolute Gasteiger partial charge is 0.322 e. The summed E-state index contributed by atoms with van der Waals surface area (Å²) >= 11 is 0. The zero-order chi connectivity index (χ0) is 20.4. The Hall–Kier alpha value is -3.13. The summed E-state index contributed by atoms with van der Waals surface area (Å²) in [4.78, 5) is 30.4. The van der Waals surface area contributed by atoms with Gasteiger partial charge in [0.15, 0.2) is 5.78 Å². The lowest BCUT2D eigenvalue weighted by Crippen LogP contribution is -2.32. The van der Waals surface area contributed by atoms with Crippen LogP contribution < -0.4 is 0 Å². The molecule has 27 heavy (non-hydrogen) atoms. The lowest BCUT2D eigenvalue weighted by atomic mass is 9.79. The molecule has 0 bridgehead atoms. The first kappa shape index (κ1) is 20.2. The molecule has 2 rings (SSSR count). The Bertz CT molecular complexity index is 846. The Morgan fingerprint density at radius 1 is 1.07 bits per heavy atom. The molecule has 0 amide bonds. The quantitative estimate of drug-likeness (QED) is 0.432. The predicted octanol–water partition coefficient (Wildman–Crippen LogP) is 3.37. The molecule has 0 heterocycles. The fraction of sp³-hybridized carbons (Fsp3) is 0.316. The average molecular weight is 375 g/mol. The maximum absolute atomic E-state index is 12.3. The number of carbonyl (C=O) groups is 1. The highest BCUT2D eigenvalue weighted by atomic mass is 17.3. The van der Waals surface area contributed by atoms with Crippen LogP contribution in [0.3, 0.4) is 0 Å². The van der Waals surface area contributed by atoms with E-state index in [4.69, 9.17) is 0 Å². The van der Waals surface area contributed by atoms with Gasteiger partial charge in [0.25, 0.3) is 0 Å². The molecular weight excluding hydrogens is 354 g/mol. The molecule has 0 saturated heterocycles. The van der Waals surface area contributed by atoms with Gasteiger partial charge in [0.2, 0.25) is 0 Å². The van der Waals surface area contributed by atoms with Crippen LogP contribution in [-0.4, -0.2) is 27.7 Å². The first-order valence-corrected chi connectivity index (χ1v) is 8.14. The number of benzene rings is 2. The minimum atomic E-state index is -1.18. The molecule has 0 aliphatic heterocycles. The molecule has 144 valence electrons. The summed E-state index contributed by atoms with van der Waals surface area (Å²) in [5.74, 6) is -0.890. The zero-order valence-corrected chi connectivity index (χ0v) is 15.5. The third-order valence-electron chi connectivity index (χ3n) is 4.33. The number of hydrogen-bond donors (Lipinski definition) is 2. The summed E-state index contributed by atoms with van der Waals surface area (Å²) in [5.41, 5.74) is 2.02. The van der Waals surface area contributed by atoms with E-state index in [0.717, 1.165) is 11.1 Å². The van der Waals surface area contributed by atoms with E-state index in [2.05, 4.69) is 9.88 Å². The van der Waals surface area contributed by atoms with Crippen molar-refractivity contribution in [2.24, 2.45) is 0 Å². The molecule has 0 atom stereocenters. The minimum absolute atomic E-state index is 0.182. The molecule has 0 aliphatic rings. The highest BCUT2D eigenvalue weighted by Gasteiger charge is 2.32. The van der Waals surface area contributed by atoms with Crippen LogP contribution in [0.15, 0.2) is 30.3 Å². The molecule has 0 aromatic heterocycles. The summed E-state index contributed by atoms with van der Waals surface area (Å²) < 4.78 is 0. The lowest BCUT2D eigenvalue weighted by molar-refractivity contribution is -0.849. The third-order valence-corrected chi connectivity index (χ3v) is 4.33. The fourth-order valence-corrected chi connectivity index (χ4v) is 2.85. The van der Waals surface area contributed by atoms with Crippen molar-refractivity contribution in [3.63, 3.8) is 0 Å². The van der Waals surface area contributed by atoms with Gasteiger partial charge in [0.05, 0.1) is 11.0 Å². The van der Waals surface area contributed by atoms with Gasteiger partial charge in [-0.15, -0.1) is 15.1 Å². The summed E-state index contributed by atoms with van der Waals surface area (Å²) in [5, 5.41) is 29.9. The molecule has 8 nitrogen and oxygen atoms in total. The highest BCUT2D eigenvalue weighted by Crippen LogP contribution is 2.41. The van der Waals surface area contributed by atoms with Gasteiger partial charge < -0.3 is 10.2 Å². The number of hydrogen-bond acceptors (Lipinski definition) is 7. The monoisotopic (exact) mass is 375 g/mol. The second kappa shape index (κ2) is 7.63. The van der Waals surface area contributed by atoms with Gasteiger partial charge in [0, 0.05) is 0 Å². The van der Waals surface area contributed by atoms with Crippen LogP contribution in [0, 0.1) is 24.0 Å². The maximum Gasteiger partial charge on any atom is 0.322 e. The second-order valence-corrected chi connectivity index (χ2v) is 6.87. The van der Waals surface area contributed by atoms with Gasteiger partial charge in [-0.2, -0.15) is 4.89 Å². The normalized spacial score (nSPS) is 11.3. The van der Waals surface area contributed by atoms with Crippen molar-refractivity contribution in [3.05, 3.63) is 57.1 Å². The zero-order valence-electron chi connectivity index (χ0n) is 15.5. The number of rotatable bonds is 7. The number of aryl methyl sites for hydroxylation is 2. The lowest BCUT2D eigenvalue weighted by Gasteiger charge is -2.24. The molecule has 0 fully saturated rings. The molecule has 2 aromatic rings. The number of aromatic hydroxyl groups is 2. The molecule has 2 N–H and O–H groups in total. The van der Waals surface area contributed by atoms with Crippen molar-refractivity contribution in [2.75, 3.05) is 6.61 Å². The van der Waals surface area contributed by atoms with Crippen LogP contribution in [-0.2, 0) is 20.1 Å². The maximum atomic E-state index is 12.3. The van der Waals surface area contributed by atoms with Crippen LogP contribution in [0.5, 0.6) is 11.5 Å². The Labute approximate surface area is 156 Å². The molecule has 0 saturated carbocycles. The summed E-state index contributed by atoms with van der Waals surface area (Å²) in [6, 6.07) is 8.42. The summed E-state index contributed by atoms with van der Waals surface area (Å²) in [7, 11) is 0. The molecular formula is C19H21NO7. The SMILES string of the molecule is Cc1cc(C)cc(-c2c(O)cc(C(C)(C)C(=O)COO[N+](=O)[O-])cc2O)c1. The molecule has 0 unspecified atom stereocenters. The van der Waals surface area contributed by atoms with Gasteiger partial charge in [-0.25, -0.2) is 0 Å². The van der Waals surface area contributed by atoms with Crippen LogP contribution in [0.25, 0.3) is 11.1 Å². The fourth-order valence-electron chi connectivity index (χ4n) is 2.85. The van der Waals surface area contributed by atoms with Crippen molar-refractivity contribution < 1.29 is 30.0 Å². The number of Topliss-reactive ketones (excluding diaryl/α,β-unsaturated/α-hetero) is 1. The summed E-state index contributed by atoms with van der Waals surface area (Å²) in [6.07, 6.45) is 0. The number of phenols is 2. The molecule has 8 heteroatoms. The van der Waals surface area contributed by atoms with Gasteiger partial charge in [0.1, 0.15) is 18.1 Å². The number of carbonyl (C=O) groups excluding carboxylic acids is 1. The molecule has 0 aliphatic carbocycles. The number of nitrogens with zero attached hydrogens (tertiary/aromatic N) is 1. The van der Waals surface area contributed by atoms with Gasteiger partial charge in [-0.1, -0.05) is 29.3 Å². The van der Waals surface area contributed by atoms with Crippen LogP contribution in [0.4, 0.5) is 0 Å². The standard InChI is InChI=1S/C19H21NO7/c1-11-5-12(2)7-13(6-11)18-15(21)8-14(9-16(18)22)19(3,4)17(23)10-26-27-20(24)25/h5-9,21-22H,10H2,1-4H3. The van der Waals surface area contributed by atoms with E-state index in [1.165, 1.54) is 12.1 Å². The van der Waals surface area contributed by atoms with E-state index < -0.39 is 22.9 Å². The van der Waals surface area contributed by atoms with Gasteiger partial charge in [-0.3, -0.25) is 4.79 Å². The first-order chi connectivity index (χ1) is 12.5. The average Bonchev–Trinajstić information content (AvgIpc) is 2.52. The van der Waals surface area contributed by atoms with E-state index in [1.807, 2.05) is 32.0 Å². The van der Waals surface area contributed by atoms with Crippen LogP contribution in [0.2, 0.25) is 0 Å². The van der Waals surface area contributed by atoms with Crippen LogP contribution in [0.1, 0.15) is 30.5 Å². The van der Waals surface area contributed by atoms with Crippen molar-refractivity contribution >= 4 is 5.78 Å². The van der Waals surface area contributed by atoms with E-state index in [1.54, 1.807) is 13.8 Å². The van der Waals surface area contributed by atoms with E-state index in [0.29, 0.717) is 11.1 Å². The number of phenolic OH excluding ortho intramolecular Hbond substituents is 2. The summed E-state index contributed by atoms with van der Waals surface area (Å²) in [6.45, 7) is 6.26. The first-order valence-electron chi connectivity index (χ1n) is 8.14. The third kappa shape index (κ3) is 4.53. The Kier molecular flexibility index (Phi) is 5.70. The van der Waals surface area contributed by atoms with E-state index >= 15 is 0 Å². The second-order valence-electron chi connectivity index (χ2n) is 6.87. The van der Waals surface area contributed by atoms with Crippen molar-refractivity contribution in [1.82, 2.24) is 0 Å². The predicted molar refractivity (Wildman–Crippen MR) is 96.7 cm³/mol. The molecule has 2 aromatic carbocycles. The highest BCUT2D eigenvalue weighted by molar-refractivity contribution is 5.91. The molecule has 0 spiro atoms. The van der Waals surface area contributed by atoms with Crippen LogP contribution >= 0.6 is 0 Å².